The monoisotopic (exact) mass is 246 g/mol. The maximum absolute atomic E-state index is 10.7. The minimum absolute atomic E-state index is 0.596. The van der Waals surface area contributed by atoms with Gasteiger partial charge in [0.2, 0.25) is 0 Å². The van der Waals surface area contributed by atoms with E-state index in [4.69, 9.17) is 9.47 Å². The zero-order valence-electron chi connectivity index (χ0n) is 10.6. The summed E-state index contributed by atoms with van der Waals surface area (Å²) >= 11 is 0. The van der Waals surface area contributed by atoms with E-state index in [1.54, 1.807) is 0 Å². The standard InChI is InChI=1S/C15H18O3/c1-14(17-10-11-18-14)12-6-2-3-7-13(12)15(16)8-4-5-9-15/h2-4,6-8,16H,5,9-11H2,1H3. The van der Waals surface area contributed by atoms with Crippen molar-refractivity contribution in [2.24, 2.45) is 0 Å². The van der Waals surface area contributed by atoms with Crippen LogP contribution < -0.4 is 0 Å². The summed E-state index contributed by atoms with van der Waals surface area (Å²) in [6, 6.07) is 7.84. The van der Waals surface area contributed by atoms with Gasteiger partial charge in [-0.05, 0) is 25.3 Å². The molecule has 3 nitrogen and oxygen atoms in total. The summed E-state index contributed by atoms with van der Waals surface area (Å²) in [6.07, 6.45) is 5.53. The number of hydrogen-bond acceptors (Lipinski definition) is 3. The Morgan fingerprint density at radius 3 is 2.39 bits per heavy atom. The first-order valence-electron chi connectivity index (χ1n) is 6.42. The third-order valence-electron chi connectivity index (χ3n) is 3.81. The molecule has 1 saturated heterocycles. The van der Waals surface area contributed by atoms with Gasteiger partial charge in [0.05, 0.1) is 13.2 Å². The van der Waals surface area contributed by atoms with Crippen molar-refractivity contribution in [2.45, 2.75) is 31.2 Å². The summed E-state index contributed by atoms with van der Waals surface area (Å²) in [5.74, 6) is -0.733. The van der Waals surface area contributed by atoms with E-state index in [-0.39, 0.29) is 0 Å². The Morgan fingerprint density at radius 1 is 1.11 bits per heavy atom. The molecule has 1 aliphatic heterocycles. The number of ether oxygens (including phenoxy) is 2. The van der Waals surface area contributed by atoms with Crippen molar-refractivity contribution in [1.82, 2.24) is 0 Å². The molecule has 1 fully saturated rings. The highest BCUT2D eigenvalue weighted by atomic mass is 16.7. The van der Waals surface area contributed by atoms with E-state index in [2.05, 4.69) is 0 Å². The Hall–Kier alpha value is -1.16. The van der Waals surface area contributed by atoms with Gasteiger partial charge in [0.15, 0.2) is 5.79 Å². The smallest absolute Gasteiger partial charge is 0.192 e. The number of allylic oxidation sites excluding steroid dienone is 1. The average molecular weight is 246 g/mol. The van der Waals surface area contributed by atoms with Gasteiger partial charge >= 0.3 is 0 Å². The summed E-state index contributed by atoms with van der Waals surface area (Å²) in [5.41, 5.74) is 0.939. The lowest BCUT2D eigenvalue weighted by Gasteiger charge is -2.31. The fraction of sp³-hybridized carbons (Fsp3) is 0.467. The molecule has 1 heterocycles. The minimum Gasteiger partial charge on any atom is -0.381 e. The number of benzene rings is 1. The van der Waals surface area contributed by atoms with Crippen LogP contribution in [0.4, 0.5) is 0 Å². The van der Waals surface area contributed by atoms with Crippen LogP contribution in [0.3, 0.4) is 0 Å². The van der Waals surface area contributed by atoms with Crippen LogP contribution in [0.2, 0.25) is 0 Å². The quantitative estimate of drug-likeness (QED) is 0.815. The topological polar surface area (TPSA) is 38.7 Å². The first kappa shape index (κ1) is 11.9. The van der Waals surface area contributed by atoms with E-state index in [9.17, 15) is 5.11 Å². The normalized spacial score (nSPS) is 29.9. The molecule has 0 aromatic heterocycles. The molecule has 1 atom stereocenters. The van der Waals surface area contributed by atoms with Gasteiger partial charge in [-0.15, -0.1) is 0 Å². The van der Waals surface area contributed by atoms with E-state index in [1.807, 2.05) is 43.3 Å². The predicted octanol–water partition coefficient (Wildman–Crippen LogP) is 2.44. The molecule has 0 bridgehead atoms. The van der Waals surface area contributed by atoms with Gasteiger partial charge in [0, 0.05) is 5.56 Å². The number of rotatable bonds is 2. The van der Waals surface area contributed by atoms with Crippen LogP contribution in [-0.4, -0.2) is 18.3 Å². The zero-order valence-corrected chi connectivity index (χ0v) is 10.6. The van der Waals surface area contributed by atoms with E-state index >= 15 is 0 Å². The van der Waals surface area contributed by atoms with Crippen LogP contribution in [0, 0.1) is 0 Å². The molecule has 1 aromatic carbocycles. The lowest BCUT2D eigenvalue weighted by Crippen LogP contribution is -2.30. The van der Waals surface area contributed by atoms with E-state index < -0.39 is 11.4 Å². The second kappa shape index (κ2) is 4.19. The van der Waals surface area contributed by atoms with Crippen molar-refractivity contribution in [1.29, 1.82) is 0 Å². The summed E-state index contributed by atoms with van der Waals surface area (Å²) in [7, 11) is 0. The summed E-state index contributed by atoms with van der Waals surface area (Å²) in [4.78, 5) is 0. The number of hydrogen-bond donors (Lipinski definition) is 1. The van der Waals surface area contributed by atoms with Gasteiger partial charge in [-0.2, -0.15) is 0 Å². The van der Waals surface area contributed by atoms with Crippen LogP contribution >= 0.6 is 0 Å². The molecule has 3 rings (SSSR count). The molecule has 0 amide bonds. The van der Waals surface area contributed by atoms with Gasteiger partial charge in [-0.3, -0.25) is 0 Å². The molecule has 0 radical (unpaired) electrons. The van der Waals surface area contributed by atoms with Crippen LogP contribution in [0.25, 0.3) is 0 Å². The third-order valence-corrected chi connectivity index (χ3v) is 3.81. The molecular formula is C15H18O3. The van der Waals surface area contributed by atoms with Gasteiger partial charge < -0.3 is 14.6 Å². The summed E-state index contributed by atoms with van der Waals surface area (Å²) < 4.78 is 11.4. The Labute approximate surface area is 107 Å². The van der Waals surface area contributed by atoms with Crippen molar-refractivity contribution >= 4 is 0 Å². The average Bonchev–Trinajstić information content (AvgIpc) is 3.00. The lowest BCUT2D eigenvalue weighted by atomic mass is 9.86. The Bertz CT molecular complexity index is 474. The SMILES string of the molecule is CC1(c2ccccc2C2(O)C=CCC2)OCCO1. The minimum atomic E-state index is -0.880. The zero-order chi connectivity index (χ0) is 12.6. The van der Waals surface area contributed by atoms with Gasteiger partial charge in [0.25, 0.3) is 0 Å². The van der Waals surface area contributed by atoms with Gasteiger partial charge in [0.1, 0.15) is 5.60 Å². The van der Waals surface area contributed by atoms with Crippen molar-refractivity contribution in [3.63, 3.8) is 0 Å². The second-order valence-corrected chi connectivity index (χ2v) is 5.05. The van der Waals surface area contributed by atoms with Gasteiger partial charge in [-0.25, -0.2) is 0 Å². The van der Waals surface area contributed by atoms with Crippen LogP contribution in [0.5, 0.6) is 0 Å². The molecule has 2 aliphatic rings. The molecule has 96 valence electrons. The van der Waals surface area contributed by atoms with Crippen molar-refractivity contribution < 1.29 is 14.6 Å². The van der Waals surface area contributed by atoms with Crippen LogP contribution in [-0.2, 0) is 20.9 Å². The maximum Gasteiger partial charge on any atom is 0.192 e. The molecule has 18 heavy (non-hydrogen) atoms. The molecule has 1 aliphatic carbocycles. The Morgan fingerprint density at radius 2 is 1.78 bits per heavy atom. The van der Waals surface area contributed by atoms with Crippen LogP contribution in [0.1, 0.15) is 30.9 Å². The lowest BCUT2D eigenvalue weighted by molar-refractivity contribution is -0.151. The van der Waals surface area contributed by atoms with E-state index in [1.165, 1.54) is 0 Å². The molecular weight excluding hydrogens is 228 g/mol. The summed E-state index contributed by atoms with van der Waals surface area (Å²) in [5, 5.41) is 10.7. The van der Waals surface area contributed by atoms with Crippen molar-refractivity contribution in [3.8, 4) is 0 Å². The molecule has 1 N–H and O–H groups in total. The van der Waals surface area contributed by atoms with Crippen molar-refractivity contribution in [3.05, 3.63) is 47.5 Å². The maximum atomic E-state index is 10.7. The largest absolute Gasteiger partial charge is 0.381 e. The fourth-order valence-corrected chi connectivity index (χ4v) is 2.82. The van der Waals surface area contributed by atoms with Gasteiger partial charge in [-0.1, -0.05) is 36.4 Å². The van der Waals surface area contributed by atoms with E-state index in [0.29, 0.717) is 13.2 Å². The first-order valence-corrected chi connectivity index (χ1v) is 6.42. The highest BCUT2D eigenvalue weighted by molar-refractivity contribution is 5.39. The first-order chi connectivity index (χ1) is 8.64. The van der Waals surface area contributed by atoms with E-state index in [0.717, 1.165) is 24.0 Å². The molecule has 1 aromatic rings. The predicted molar refractivity (Wildman–Crippen MR) is 68.0 cm³/mol. The van der Waals surface area contributed by atoms with Crippen LogP contribution in [0.15, 0.2) is 36.4 Å². The highest BCUT2D eigenvalue weighted by Gasteiger charge is 2.40. The molecule has 1 unspecified atom stereocenters. The number of aliphatic hydroxyl groups is 1. The Balaban J connectivity index is 2.08. The Kier molecular flexibility index (Phi) is 2.77. The molecule has 0 saturated carbocycles. The van der Waals surface area contributed by atoms with Crippen molar-refractivity contribution in [2.75, 3.05) is 13.2 Å². The second-order valence-electron chi connectivity index (χ2n) is 5.05. The molecule has 0 spiro atoms. The third kappa shape index (κ3) is 1.79. The molecule has 3 heteroatoms. The summed E-state index contributed by atoms with van der Waals surface area (Å²) in [6.45, 7) is 3.11. The highest BCUT2D eigenvalue weighted by Crippen LogP contribution is 2.41. The fourth-order valence-electron chi connectivity index (χ4n) is 2.82.